The minimum atomic E-state index is -0.375. The highest BCUT2D eigenvalue weighted by Crippen LogP contribution is 2.17. The number of H-pyrrole nitrogens is 2. The van der Waals surface area contributed by atoms with Crippen LogP contribution in [0.25, 0.3) is 0 Å². The first-order valence-electron chi connectivity index (χ1n) is 8.14. The molecule has 2 amide bonds. The van der Waals surface area contributed by atoms with E-state index in [9.17, 15) is 9.59 Å². The van der Waals surface area contributed by atoms with Gasteiger partial charge in [-0.05, 0) is 18.1 Å². The van der Waals surface area contributed by atoms with Gasteiger partial charge in [0.2, 0.25) is 0 Å². The van der Waals surface area contributed by atoms with Crippen LogP contribution in [0.4, 0.5) is 0 Å². The SMILES string of the molecule is CCc1[nH]c(C(=O)NC2CCN(C(=O)c3nn[nH]n3)CC2OC)nc1Cl. The summed E-state index contributed by atoms with van der Waals surface area (Å²) in [5.41, 5.74) is 0.709. The van der Waals surface area contributed by atoms with E-state index < -0.39 is 0 Å². The number of ether oxygens (including phenoxy) is 1. The number of halogens is 1. The lowest BCUT2D eigenvalue weighted by atomic mass is 10.0. The van der Waals surface area contributed by atoms with Gasteiger partial charge in [0.15, 0.2) is 11.0 Å². The van der Waals surface area contributed by atoms with Crippen molar-refractivity contribution in [2.24, 2.45) is 0 Å². The second kappa shape index (κ2) is 7.79. The van der Waals surface area contributed by atoms with E-state index in [-0.39, 0.29) is 35.6 Å². The first kappa shape index (κ1) is 18.3. The summed E-state index contributed by atoms with van der Waals surface area (Å²) in [4.78, 5) is 33.3. The number of piperidine rings is 1. The number of tetrazole rings is 1. The number of aryl methyl sites for hydroxylation is 1. The monoisotopic (exact) mass is 382 g/mol. The fourth-order valence-electron chi connectivity index (χ4n) is 2.87. The van der Waals surface area contributed by atoms with Crippen LogP contribution in [0.5, 0.6) is 0 Å². The Balaban J connectivity index is 1.64. The Morgan fingerprint density at radius 2 is 2.27 bits per heavy atom. The van der Waals surface area contributed by atoms with E-state index in [1.807, 2.05) is 6.92 Å². The van der Waals surface area contributed by atoms with Gasteiger partial charge < -0.3 is 19.9 Å². The van der Waals surface area contributed by atoms with E-state index >= 15 is 0 Å². The third-order valence-corrected chi connectivity index (χ3v) is 4.61. The van der Waals surface area contributed by atoms with Crippen molar-refractivity contribution in [3.05, 3.63) is 22.5 Å². The van der Waals surface area contributed by atoms with Crippen LogP contribution in [0.1, 0.15) is 40.3 Å². The van der Waals surface area contributed by atoms with Crippen LogP contribution in [0, 0.1) is 0 Å². The fraction of sp³-hybridized carbons (Fsp3) is 0.571. The molecule has 0 radical (unpaired) electrons. The van der Waals surface area contributed by atoms with Crippen LogP contribution in [0.3, 0.4) is 0 Å². The van der Waals surface area contributed by atoms with Gasteiger partial charge in [-0.2, -0.15) is 5.21 Å². The summed E-state index contributed by atoms with van der Waals surface area (Å²) >= 11 is 5.98. The van der Waals surface area contributed by atoms with E-state index in [1.54, 1.807) is 4.90 Å². The van der Waals surface area contributed by atoms with Crippen molar-refractivity contribution in [3.8, 4) is 0 Å². The maximum atomic E-state index is 12.4. The smallest absolute Gasteiger partial charge is 0.295 e. The Morgan fingerprint density at radius 1 is 1.46 bits per heavy atom. The average Bonchev–Trinajstić information content (AvgIpc) is 3.31. The highest BCUT2D eigenvalue weighted by Gasteiger charge is 2.34. The number of aromatic amines is 2. The van der Waals surface area contributed by atoms with Crippen molar-refractivity contribution >= 4 is 23.4 Å². The van der Waals surface area contributed by atoms with Gasteiger partial charge >= 0.3 is 0 Å². The normalized spacial score (nSPS) is 20.2. The molecular formula is C14H19ClN8O3. The summed E-state index contributed by atoms with van der Waals surface area (Å²) < 4.78 is 5.46. The molecule has 0 saturated carbocycles. The molecule has 11 nitrogen and oxygen atoms in total. The molecule has 1 saturated heterocycles. The number of hydrogen-bond acceptors (Lipinski definition) is 7. The molecule has 1 aliphatic rings. The second-order valence-electron chi connectivity index (χ2n) is 5.84. The van der Waals surface area contributed by atoms with Gasteiger partial charge in [0.1, 0.15) is 0 Å². The third kappa shape index (κ3) is 3.68. The summed E-state index contributed by atoms with van der Waals surface area (Å²) in [5, 5.41) is 16.2. The Hall–Kier alpha value is -2.53. The molecule has 0 aliphatic carbocycles. The molecular weight excluding hydrogens is 364 g/mol. The fourth-order valence-corrected chi connectivity index (χ4v) is 3.13. The predicted molar refractivity (Wildman–Crippen MR) is 89.7 cm³/mol. The summed E-state index contributed by atoms with van der Waals surface area (Å²) in [7, 11) is 1.53. The van der Waals surface area contributed by atoms with E-state index in [4.69, 9.17) is 16.3 Å². The van der Waals surface area contributed by atoms with Crippen molar-refractivity contribution in [3.63, 3.8) is 0 Å². The van der Waals surface area contributed by atoms with Crippen LogP contribution >= 0.6 is 11.6 Å². The van der Waals surface area contributed by atoms with Gasteiger partial charge in [-0.25, -0.2) is 4.98 Å². The van der Waals surface area contributed by atoms with Gasteiger partial charge in [-0.3, -0.25) is 9.59 Å². The molecule has 2 atom stereocenters. The second-order valence-corrected chi connectivity index (χ2v) is 6.20. The molecule has 2 unspecified atom stereocenters. The van der Waals surface area contributed by atoms with Crippen LogP contribution in [0.15, 0.2) is 0 Å². The van der Waals surface area contributed by atoms with Crippen molar-refractivity contribution < 1.29 is 14.3 Å². The minimum absolute atomic E-state index is 0.000314. The quantitative estimate of drug-likeness (QED) is 0.649. The molecule has 0 spiro atoms. The average molecular weight is 383 g/mol. The first-order chi connectivity index (χ1) is 12.5. The number of imidazole rings is 1. The lowest BCUT2D eigenvalue weighted by Crippen LogP contribution is -2.56. The lowest BCUT2D eigenvalue weighted by Gasteiger charge is -2.37. The molecule has 0 bridgehead atoms. The topological polar surface area (TPSA) is 142 Å². The zero-order valence-electron chi connectivity index (χ0n) is 14.3. The van der Waals surface area contributed by atoms with Crippen molar-refractivity contribution in [2.45, 2.75) is 31.9 Å². The number of rotatable bonds is 5. The van der Waals surface area contributed by atoms with Crippen molar-refractivity contribution in [1.29, 1.82) is 0 Å². The van der Waals surface area contributed by atoms with Crippen LogP contribution in [-0.2, 0) is 11.2 Å². The minimum Gasteiger partial charge on any atom is -0.377 e. The van der Waals surface area contributed by atoms with Gasteiger partial charge in [-0.1, -0.05) is 18.5 Å². The third-order valence-electron chi connectivity index (χ3n) is 4.30. The number of aromatic nitrogens is 6. The molecule has 1 fully saturated rings. The van der Waals surface area contributed by atoms with Crippen LogP contribution in [-0.4, -0.2) is 79.7 Å². The Kier molecular flexibility index (Phi) is 5.47. The van der Waals surface area contributed by atoms with E-state index in [0.29, 0.717) is 36.8 Å². The number of carbonyl (C=O) groups is 2. The zero-order chi connectivity index (χ0) is 18.7. The molecule has 140 valence electrons. The van der Waals surface area contributed by atoms with Gasteiger partial charge in [0.25, 0.3) is 17.6 Å². The van der Waals surface area contributed by atoms with Crippen LogP contribution < -0.4 is 5.32 Å². The number of nitrogens with zero attached hydrogens (tertiary/aromatic N) is 5. The summed E-state index contributed by atoms with van der Waals surface area (Å²) in [6.07, 6.45) is 0.791. The van der Waals surface area contributed by atoms with Gasteiger partial charge in [0, 0.05) is 20.2 Å². The van der Waals surface area contributed by atoms with Gasteiger partial charge in [0.05, 0.1) is 17.8 Å². The molecule has 0 aromatic carbocycles. The Bertz CT molecular complexity index is 777. The molecule has 3 rings (SSSR count). The predicted octanol–water partition coefficient (Wildman–Crippen LogP) is -0.202. The maximum absolute atomic E-state index is 12.4. The van der Waals surface area contributed by atoms with Crippen molar-refractivity contribution in [1.82, 2.24) is 40.8 Å². The Labute approximate surface area is 153 Å². The Morgan fingerprint density at radius 3 is 2.88 bits per heavy atom. The van der Waals surface area contributed by atoms with Crippen molar-refractivity contribution in [2.75, 3.05) is 20.2 Å². The first-order valence-corrected chi connectivity index (χ1v) is 8.52. The van der Waals surface area contributed by atoms with E-state index in [2.05, 4.69) is 35.9 Å². The molecule has 2 aromatic heterocycles. The molecule has 2 aromatic rings. The number of carbonyl (C=O) groups excluding carboxylic acids is 2. The number of methoxy groups -OCH3 is 1. The standard InChI is InChI=1S/C14H19ClN8O3/c1-3-7-10(15)18-11(16-7)13(24)17-8-4-5-23(6-9(8)26-2)14(25)12-19-21-22-20-12/h8-9H,3-6H2,1-2H3,(H,16,18)(H,17,24)(H,19,20,21,22). The number of amides is 2. The number of hydrogen-bond donors (Lipinski definition) is 3. The van der Waals surface area contributed by atoms with E-state index in [0.717, 1.165) is 0 Å². The number of nitrogens with one attached hydrogen (secondary N) is 3. The largest absolute Gasteiger partial charge is 0.377 e. The maximum Gasteiger partial charge on any atom is 0.295 e. The zero-order valence-corrected chi connectivity index (χ0v) is 15.1. The van der Waals surface area contributed by atoms with E-state index in [1.165, 1.54) is 7.11 Å². The molecule has 1 aliphatic heterocycles. The molecule has 3 heterocycles. The summed E-state index contributed by atoms with van der Waals surface area (Å²) in [6.45, 7) is 2.64. The highest BCUT2D eigenvalue weighted by atomic mass is 35.5. The lowest BCUT2D eigenvalue weighted by molar-refractivity contribution is 0.00740. The highest BCUT2D eigenvalue weighted by molar-refractivity contribution is 6.30. The summed E-state index contributed by atoms with van der Waals surface area (Å²) in [6, 6.07) is -0.268. The van der Waals surface area contributed by atoms with Gasteiger partial charge in [-0.15, -0.1) is 10.2 Å². The molecule has 26 heavy (non-hydrogen) atoms. The van der Waals surface area contributed by atoms with Crippen LogP contribution in [0.2, 0.25) is 5.15 Å². The number of likely N-dealkylation sites (tertiary alicyclic amines) is 1. The summed E-state index contributed by atoms with van der Waals surface area (Å²) in [5.74, 6) is -0.542. The molecule has 12 heteroatoms. The molecule has 3 N–H and O–H groups in total.